The van der Waals surface area contributed by atoms with Gasteiger partial charge in [-0.15, -0.1) is 13.2 Å². The molecule has 0 radical (unpaired) electrons. The van der Waals surface area contributed by atoms with Crippen LogP contribution in [0.5, 0.6) is 5.75 Å². The van der Waals surface area contributed by atoms with Crippen LogP contribution < -0.4 is 21.1 Å². The van der Waals surface area contributed by atoms with E-state index in [1.54, 1.807) is 0 Å². The van der Waals surface area contributed by atoms with Gasteiger partial charge in [0.15, 0.2) is 10.9 Å². The molecule has 0 fully saturated rings. The van der Waals surface area contributed by atoms with Crippen molar-refractivity contribution >= 4 is 61.4 Å². The van der Waals surface area contributed by atoms with E-state index in [2.05, 4.69) is 41.5 Å². The van der Waals surface area contributed by atoms with Crippen LogP contribution in [-0.4, -0.2) is 21.7 Å². The zero-order chi connectivity index (χ0) is 22.9. The lowest BCUT2D eigenvalue weighted by Gasteiger charge is -2.14. The topological polar surface area (TPSA) is 88.0 Å². The Kier molecular flexibility index (Phi) is 5.94. The first kappa shape index (κ1) is 21.9. The molecular formula is C21H15BrF3N5OS. The maximum atomic E-state index is 12.5. The van der Waals surface area contributed by atoms with Crippen LogP contribution in [0.1, 0.15) is 0 Å². The molecule has 5 N–H and O–H groups in total. The first-order valence-electron chi connectivity index (χ1n) is 9.16. The van der Waals surface area contributed by atoms with Gasteiger partial charge >= 0.3 is 6.36 Å². The van der Waals surface area contributed by atoms with Crippen molar-refractivity contribution in [1.82, 2.24) is 10.2 Å². The Balaban J connectivity index is 1.48. The second-order valence-corrected chi connectivity index (χ2v) is 7.95. The van der Waals surface area contributed by atoms with Crippen molar-refractivity contribution in [3.63, 3.8) is 0 Å². The lowest BCUT2D eigenvalue weighted by Crippen LogP contribution is -2.20. The van der Waals surface area contributed by atoms with Gasteiger partial charge in [-0.3, -0.25) is 5.10 Å². The number of nitrogens with two attached hydrogens (primary N) is 1. The van der Waals surface area contributed by atoms with Crippen LogP contribution >= 0.6 is 28.1 Å². The highest BCUT2D eigenvalue weighted by atomic mass is 79.9. The van der Waals surface area contributed by atoms with Crippen molar-refractivity contribution in [1.29, 1.82) is 0 Å². The fourth-order valence-corrected chi connectivity index (χ4v) is 3.73. The number of thiocarbonyl (C=S) groups is 1. The molecule has 0 aliphatic rings. The molecule has 0 saturated carbocycles. The van der Waals surface area contributed by atoms with E-state index in [0.717, 1.165) is 22.0 Å². The smallest absolute Gasteiger partial charge is 0.406 e. The van der Waals surface area contributed by atoms with Crippen LogP contribution in [0.2, 0.25) is 0 Å². The van der Waals surface area contributed by atoms with E-state index in [-0.39, 0.29) is 10.9 Å². The highest BCUT2D eigenvalue weighted by molar-refractivity contribution is 9.10. The van der Waals surface area contributed by atoms with Crippen molar-refractivity contribution in [2.45, 2.75) is 6.36 Å². The highest BCUT2D eigenvalue weighted by Gasteiger charge is 2.31. The lowest BCUT2D eigenvalue weighted by molar-refractivity contribution is -0.274. The predicted octanol–water partition coefficient (Wildman–Crippen LogP) is 6.28. The molecule has 1 heterocycles. The average Bonchev–Trinajstić information content (AvgIpc) is 3.11. The van der Waals surface area contributed by atoms with Crippen molar-refractivity contribution in [3.8, 4) is 16.9 Å². The van der Waals surface area contributed by atoms with E-state index >= 15 is 0 Å². The van der Waals surface area contributed by atoms with E-state index in [4.69, 9.17) is 18.0 Å². The maximum absolute atomic E-state index is 12.5. The van der Waals surface area contributed by atoms with Crippen LogP contribution in [0.25, 0.3) is 22.0 Å². The standard InChI is InChI=1S/C21H15BrF3N5OS/c22-15-9-8-13(31-21(23,24)25)10-17(15)28-20(32)27-12-6-4-11(5-7-12)14-2-1-3-16-18(14)19(26)30-29-16/h1-10H,(H3,26,29,30)(H2,27,28,32). The Morgan fingerprint density at radius 2 is 1.81 bits per heavy atom. The highest BCUT2D eigenvalue weighted by Crippen LogP contribution is 2.33. The van der Waals surface area contributed by atoms with Gasteiger partial charge in [-0.25, -0.2) is 0 Å². The minimum atomic E-state index is -4.78. The molecule has 0 aliphatic carbocycles. The molecular weight excluding hydrogens is 507 g/mol. The normalized spacial score (nSPS) is 11.4. The molecule has 3 aromatic carbocycles. The number of fused-ring (bicyclic) bond motifs is 1. The first-order chi connectivity index (χ1) is 15.2. The number of nitrogen functional groups attached to an aromatic ring is 1. The molecule has 6 nitrogen and oxygen atoms in total. The van der Waals surface area contributed by atoms with Gasteiger partial charge in [0.1, 0.15) is 5.75 Å². The number of nitrogens with one attached hydrogen (secondary N) is 3. The van der Waals surface area contributed by atoms with Crippen molar-refractivity contribution < 1.29 is 17.9 Å². The van der Waals surface area contributed by atoms with Gasteiger partial charge < -0.3 is 21.1 Å². The van der Waals surface area contributed by atoms with E-state index in [1.807, 2.05) is 42.5 Å². The third-order valence-corrected chi connectivity index (χ3v) is 5.39. The van der Waals surface area contributed by atoms with E-state index < -0.39 is 6.36 Å². The van der Waals surface area contributed by atoms with Crippen LogP contribution in [0, 0.1) is 0 Å². The van der Waals surface area contributed by atoms with Gasteiger partial charge in [0.25, 0.3) is 0 Å². The molecule has 11 heteroatoms. The SMILES string of the molecule is Nc1n[nH]c2cccc(-c3ccc(NC(=S)Nc4cc(OC(F)(F)F)ccc4Br)cc3)c12. The summed E-state index contributed by atoms with van der Waals surface area (Å²) < 4.78 is 41.9. The number of benzene rings is 3. The quantitative estimate of drug-likeness (QED) is 0.236. The van der Waals surface area contributed by atoms with Gasteiger partial charge in [-0.1, -0.05) is 24.3 Å². The number of hydrogen-bond donors (Lipinski definition) is 4. The minimum absolute atomic E-state index is 0.198. The van der Waals surface area contributed by atoms with Crippen molar-refractivity contribution in [2.24, 2.45) is 0 Å². The van der Waals surface area contributed by atoms with Gasteiger partial charge in [0, 0.05) is 16.2 Å². The molecule has 32 heavy (non-hydrogen) atoms. The molecule has 0 bridgehead atoms. The second-order valence-electron chi connectivity index (χ2n) is 6.68. The Labute approximate surface area is 194 Å². The average molecular weight is 522 g/mol. The fraction of sp³-hybridized carbons (Fsp3) is 0.0476. The lowest BCUT2D eigenvalue weighted by atomic mass is 10.0. The summed E-state index contributed by atoms with van der Waals surface area (Å²) in [4.78, 5) is 0. The number of H-pyrrole nitrogens is 1. The number of ether oxygens (including phenoxy) is 1. The number of rotatable bonds is 4. The zero-order valence-corrected chi connectivity index (χ0v) is 18.5. The molecule has 1 aromatic heterocycles. The summed E-state index contributed by atoms with van der Waals surface area (Å²) in [5, 5.41) is 13.8. The molecule has 4 aromatic rings. The minimum Gasteiger partial charge on any atom is -0.406 e. The third-order valence-electron chi connectivity index (χ3n) is 4.49. The number of aromatic amines is 1. The summed E-state index contributed by atoms with van der Waals surface area (Å²) in [6.45, 7) is 0. The third kappa shape index (κ3) is 4.94. The van der Waals surface area contributed by atoms with Gasteiger partial charge in [0.2, 0.25) is 0 Å². The van der Waals surface area contributed by atoms with E-state index in [1.165, 1.54) is 18.2 Å². The summed E-state index contributed by atoms with van der Waals surface area (Å²) in [5.41, 5.74) is 9.72. The van der Waals surface area contributed by atoms with Gasteiger partial charge in [-0.05, 0) is 69.6 Å². The fourth-order valence-electron chi connectivity index (χ4n) is 3.15. The number of hydrogen-bond acceptors (Lipinski definition) is 4. The second kappa shape index (κ2) is 8.67. The van der Waals surface area contributed by atoms with Gasteiger partial charge in [0.05, 0.1) is 16.6 Å². The molecule has 0 spiro atoms. The molecule has 0 atom stereocenters. The molecule has 0 amide bonds. The summed E-state index contributed by atoms with van der Waals surface area (Å²) in [6.07, 6.45) is -4.78. The first-order valence-corrected chi connectivity index (χ1v) is 10.4. The Morgan fingerprint density at radius 3 is 2.53 bits per heavy atom. The van der Waals surface area contributed by atoms with Gasteiger partial charge in [-0.2, -0.15) is 5.10 Å². The number of anilines is 3. The molecule has 0 aliphatic heterocycles. The number of halogens is 4. The summed E-state index contributed by atoms with van der Waals surface area (Å²) in [7, 11) is 0. The number of alkyl halides is 3. The predicted molar refractivity (Wildman–Crippen MR) is 127 cm³/mol. The van der Waals surface area contributed by atoms with Crippen LogP contribution in [0.15, 0.2) is 65.1 Å². The molecule has 4 rings (SSSR count). The maximum Gasteiger partial charge on any atom is 0.573 e. The largest absolute Gasteiger partial charge is 0.573 e. The van der Waals surface area contributed by atoms with Crippen LogP contribution in [0.4, 0.5) is 30.4 Å². The van der Waals surface area contributed by atoms with E-state index in [0.29, 0.717) is 21.7 Å². The van der Waals surface area contributed by atoms with Crippen molar-refractivity contribution in [2.75, 3.05) is 16.4 Å². The Bertz CT molecular complexity index is 1290. The summed E-state index contributed by atoms with van der Waals surface area (Å²) >= 11 is 8.57. The molecule has 164 valence electrons. The monoisotopic (exact) mass is 521 g/mol. The number of nitrogens with zero attached hydrogens (tertiary/aromatic N) is 1. The van der Waals surface area contributed by atoms with Crippen LogP contribution in [-0.2, 0) is 0 Å². The Morgan fingerprint density at radius 1 is 1.06 bits per heavy atom. The molecule has 0 unspecified atom stereocenters. The van der Waals surface area contributed by atoms with Crippen LogP contribution in [0.3, 0.4) is 0 Å². The summed E-state index contributed by atoms with van der Waals surface area (Å²) in [5.74, 6) is 0.0635. The van der Waals surface area contributed by atoms with E-state index in [9.17, 15) is 13.2 Å². The van der Waals surface area contributed by atoms with Crippen molar-refractivity contribution in [3.05, 3.63) is 65.1 Å². The zero-order valence-electron chi connectivity index (χ0n) is 16.1. The number of aromatic nitrogens is 2. The Hall–Kier alpha value is -3.31. The summed E-state index contributed by atoms with van der Waals surface area (Å²) in [6, 6.07) is 17.1. The molecule has 0 saturated heterocycles.